The number of amides is 1. The third-order valence-corrected chi connectivity index (χ3v) is 5.37. The van der Waals surface area contributed by atoms with E-state index >= 15 is 0 Å². The van der Waals surface area contributed by atoms with Gasteiger partial charge in [0.1, 0.15) is 11.4 Å². The molecule has 12 nitrogen and oxygen atoms in total. The van der Waals surface area contributed by atoms with Gasteiger partial charge in [-0.3, -0.25) is 14.9 Å². The third-order valence-electron chi connectivity index (χ3n) is 3.93. The van der Waals surface area contributed by atoms with Crippen LogP contribution in [0.5, 0.6) is 5.75 Å². The Kier molecular flexibility index (Phi) is 7.62. The van der Waals surface area contributed by atoms with Gasteiger partial charge in [-0.25, -0.2) is 10.1 Å². The Bertz CT molecular complexity index is 1170. The molecular formula is C18H17BrN8O4S. The van der Waals surface area contributed by atoms with Crippen molar-refractivity contribution in [2.24, 2.45) is 5.10 Å². The summed E-state index contributed by atoms with van der Waals surface area (Å²) in [5.74, 6) is 6.19. The number of aromatic nitrogens is 3. The molecule has 0 atom stereocenters. The van der Waals surface area contributed by atoms with Crippen LogP contribution in [0.3, 0.4) is 0 Å². The molecule has 0 saturated heterocycles. The van der Waals surface area contributed by atoms with Crippen molar-refractivity contribution in [3.8, 4) is 5.75 Å². The Morgan fingerprint density at radius 3 is 2.91 bits per heavy atom. The summed E-state index contributed by atoms with van der Waals surface area (Å²) in [4.78, 5) is 22.7. The first kappa shape index (κ1) is 23.0. The van der Waals surface area contributed by atoms with E-state index in [9.17, 15) is 14.9 Å². The molecule has 0 spiro atoms. The normalized spacial score (nSPS) is 10.8. The molecular weight excluding hydrogens is 504 g/mol. The average Bonchev–Trinajstić information content (AvgIpc) is 3.12. The Morgan fingerprint density at radius 2 is 2.16 bits per heavy atom. The number of hydrazone groups is 1. The molecule has 0 radical (unpaired) electrons. The molecule has 1 aromatic heterocycles. The number of nitro groups is 1. The molecule has 14 heteroatoms. The topological polar surface area (TPSA) is 163 Å². The predicted molar refractivity (Wildman–Crippen MR) is 125 cm³/mol. The Morgan fingerprint density at radius 1 is 1.38 bits per heavy atom. The van der Waals surface area contributed by atoms with Crippen LogP contribution in [0.4, 0.5) is 17.3 Å². The van der Waals surface area contributed by atoms with E-state index in [1.807, 2.05) is 12.1 Å². The number of ether oxygens (including phenoxy) is 1. The number of hydrogen-bond donors (Lipinski definition) is 3. The number of hydrogen-bond acceptors (Lipinski definition) is 10. The zero-order valence-corrected chi connectivity index (χ0v) is 19.0. The number of nitro benzene ring substituents is 1. The molecule has 1 amide bonds. The van der Waals surface area contributed by atoms with Crippen LogP contribution in [0.15, 0.2) is 57.2 Å². The van der Waals surface area contributed by atoms with E-state index in [-0.39, 0.29) is 28.2 Å². The number of methoxy groups -OCH3 is 1. The van der Waals surface area contributed by atoms with Crippen LogP contribution in [0.2, 0.25) is 0 Å². The van der Waals surface area contributed by atoms with Crippen molar-refractivity contribution in [1.29, 1.82) is 0 Å². The van der Waals surface area contributed by atoms with Gasteiger partial charge in [-0.05, 0) is 24.3 Å². The number of thioether (sulfide) groups is 1. The van der Waals surface area contributed by atoms with E-state index in [4.69, 9.17) is 10.6 Å². The zero-order chi connectivity index (χ0) is 23.1. The third kappa shape index (κ3) is 5.73. The molecule has 3 aromatic rings. The van der Waals surface area contributed by atoms with E-state index in [0.29, 0.717) is 5.75 Å². The first-order valence-electron chi connectivity index (χ1n) is 8.88. The highest BCUT2D eigenvalue weighted by Gasteiger charge is 2.16. The highest BCUT2D eigenvalue weighted by atomic mass is 79.9. The van der Waals surface area contributed by atoms with Crippen LogP contribution in [0.1, 0.15) is 5.56 Å². The van der Waals surface area contributed by atoms with Gasteiger partial charge in [0.2, 0.25) is 11.1 Å². The summed E-state index contributed by atoms with van der Waals surface area (Å²) >= 11 is 4.40. The lowest BCUT2D eigenvalue weighted by atomic mass is 10.2. The second-order valence-electron chi connectivity index (χ2n) is 6.04. The van der Waals surface area contributed by atoms with Gasteiger partial charge in [0.25, 0.3) is 11.6 Å². The monoisotopic (exact) mass is 520 g/mol. The summed E-state index contributed by atoms with van der Waals surface area (Å²) in [6, 6.07) is 11.3. The van der Waals surface area contributed by atoms with Crippen LogP contribution in [0.25, 0.3) is 0 Å². The lowest BCUT2D eigenvalue weighted by Crippen LogP contribution is -2.17. The van der Waals surface area contributed by atoms with E-state index < -0.39 is 10.8 Å². The fraction of sp³-hybridized carbons (Fsp3) is 0.111. The van der Waals surface area contributed by atoms with Crippen LogP contribution in [0, 0.1) is 10.1 Å². The van der Waals surface area contributed by atoms with Crippen molar-refractivity contribution in [2.45, 2.75) is 5.16 Å². The second-order valence-corrected chi connectivity index (χ2v) is 7.90. The van der Waals surface area contributed by atoms with E-state index in [1.54, 1.807) is 19.2 Å². The highest BCUT2D eigenvalue weighted by molar-refractivity contribution is 9.10. The van der Waals surface area contributed by atoms with Gasteiger partial charge < -0.3 is 15.9 Å². The molecule has 0 aliphatic heterocycles. The summed E-state index contributed by atoms with van der Waals surface area (Å²) < 4.78 is 7.27. The number of nitrogens with one attached hydrogen (secondary N) is 2. The molecule has 1 heterocycles. The fourth-order valence-corrected chi connectivity index (χ4v) is 3.51. The number of rotatable bonds is 9. The van der Waals surface area contributed by atoms with Crippen LogP contribution < -0.4 is 21.3 Å². The van der Waals surface area contributed by atoms with Gasteiger partial charge in [-0.15, -0.1) is 10.2 Å². The van der Waals surface area contributed by atoms with E-state index in [2.05, 4.69) is 42.0 Å². The number of anilines is 2. The van der Waals surface area contributed by atoms with Crippen molar-refractivity contribution >= 4 is 57.1 Å². The maximum absolute atomic E-state index is 12.2. The van der Waals surface area contributed by atoms with Gasteiger partial charge in [0.05, 0.1) is 24.0 Å². The number of benzene rings is 2. The zero-order valence-electron chi connectivity index (χ0n) is 16.6. The molecule has 0 aliphatic rings. The van der Waals surface area contributed by atoms with Crippen molar-refractivity contribution in [3.63, 3.8) is 0 Å². The standard InChI is InChI=1S/C18H17BrN8O4S/c1-31-15-7-6-12(19)8-11(15)9-21-23-17-24-25-18(26(17)20)32-10-16(28)22-13-4-2-3-5-14(13)27(29)30/h2-9H,10,20H2,1H3,(H,22,28)(H,23,24)/b21-9+. The molecule has 4 N–H and O–H groups in total. The number of nitrogens with zero attached hydrogens (tertiary/aromatic N) is 5. The number of carbonyl (C=O) groups is 1. The molecule has 3 rings (SSSR count). The predicted octanol–water partition coefficient (Wildman–Crippen LogP) is 2.85. The highest BCUT2D eigenvalue weighted by Crippen LogP contribution is 2.24. The minimum Gasteiger partial charge on any atom is -0.496 e. The summed E-state index contributed by atoms with van der Waals surface area (Å²) in [5, 5.41) is 25.7. The molecule has 0 aliphatic carbocycles. The van der Waals surface area contributed by atoms with Gasteiger partial charge in [-0.2, -0.15) is 5.10 Å². The molecule has 2 aromatic carbocycles. The van der Waals surface area contributed by atoms with Crippen molar-refractivity contribution < 1.29 is 14.5 Å². The molecule has 0 unspecified atom stereocenters. The number of nitrogens with two attached hydrogens (primary N) is 1. The summed E-state index contributed by atoms with van der Waals surface area (Å²) in [5.41, 5.74) is 3.31. The quantitative estimate of drug-likeness (QED) is 0.126. The fourth-order valence-electron chi connectivity index (χ4n) is 2.47. The van der Waals surface area contributed by atoms with Crippen molar-refractivity contribution in [2.75, 3.05) is 29.4 Å². The Balaban J connectivity index is 1.59. The molecule has 0 bridgehead atoms. The maximum Gasteiger partial charge on any atom is 0.292 e. The minimum atomic E-state index is -0.568. The minimum absolute atomic E-state index is 0.0834. The van der Waals surface area contributed by atoms with Crippen LogP contribution in [-0.4, -0.2) is 44.8 Å². The summed E-state index contributed by atoms with van der Waals surface area (Å²) in [6.07, 6.45) is 1.53. The molecule has 32 heavy (non-hydrogen) atoms. The van der Waals surface area contributed by atoms with E-state index in [0.717, 1.165) is 26.5 Å². The number of carbonyl (C=O) groups excluding carboxylic acids is 1. The molecule has 0 saturated carbocycles. The number of para-hydroxylation sites is 2. The number of halogens is 1. The SMILES string of the molecule is COc1ccc(Br)cc1/C=N/Nc1nnc(SCC(=O)Nc2ccccc2[N+](=O)[O-])n1N. The van der Waals surface area contributed by atoms with Gasteiger partial charge in [0.15, 0.2) is 0 Å². The average molecular weight is 521 g/mol. The Hall–Kier alpha value is -3.65. The van der Waals surface area contributed by atoms with Crippen molar-refractivity contribution in [3.05, 3.63) is 62.6 Å². The largest absolute Gasteiger partial charge is 0.496 e. The van der Waals surface area contributed by atoms with Gasteiger partial charge in [-0.1, -0.05) is 39.8 Å². The summed E-state index contributed by atoms with van der Waals surface area (Å²) in [7, 11) is 1.56. The van der Waals surface area contributed by atoms with Crippen molar-refractivity contribution in [1.82, 2.24) is 14.9 Å². The maximum atomic E-state index is 12.2. The first-order valence-corrected chi connectivity index (χ1v) is 10.7. The smallest absolute Gasteiger partial charge is 0.292 e. The lowest BCUT2D eigenvalue weighted by molar-refractivity contribution is -0.383. The first-order chi connectivity index (χ1) is 15.4. The van der Waals surface area contributed by atoms with Gasteiger partial charge in [0, 0.05) is 16.1 Å². The van der Waals surface area contributed by atoms with Crippen LogP contribution >= 0.6 is 27.7 Å². The summed E-state index contributed by atoms with van der Waals surface area (Å²) in [6.45, 7) is 0. The second kappa shape index (κ2) is 10.6. The van der Waals surface area contributed by atoms with E-state index in [1.165, 1.54) is 24.4 Å². The van der Waals surface area contributed by atoms with Gasteiger partial charge >= 0.3 is 0 Å². The number of nitrogen functional groups attached to an aromatic ring is 1. The lowest BCUT2D eigenvalue weighted by Gasteiger charge is -2.06. The molecule has 166 valence electrons. The molecule has 0 fully saturated rings. The van der Waals surface area contributed by atoms with Crippen LogP contribution in [-0.2, 0) is 4.79 Å². The Labute approximate surface area is 194 Å².